The fourth-order valence-corrected chi connectivity index (χ4v) is 3.66. The Labute approximate surface area is 188 Å². The molecule has 166 valence electrons. The van der Waals surface area contributed by atoms with Crippen molar-refractivity contribution in [3.63, 3.8) is 0 Å². The molecule has 3 aromatic heterocycles. The number of methoxy groups -OCH3 is 1. The predicted molar refractivity (Wildman–Crippen MR) is 117 cm³/mol. The number of carbonyl (C=O) groups is 2. The molecule has 32 heavy (non-hydrogen) atoms. The first-order valence-electron chi connectivity index (χ1n) is 10.0. The summed E-state index contributed by atoms with van der Waals surface area (Å²) in [7, 11) is 1.54. The molecule has 10 nitrogen and oxygen atoms in total. The topological polar surface area (TPSA) is 111 Å². The maximum atomic E-state index is 13.1. The van der Waals surface area contributed by atoms with Crippen molar-refractivity contribution < 1.29 is 14.3 Å². The Morgan fingerprint density at radius 1 is 1.06 bits per heavy atom. The second-order valence-electron chi connectivity index (χ2n) is 7.21. The lowest BCUT2D eigenvalue weighted by molar-refractivity contribution is 0.0530. The van der Waals surface area contributed by atoms with E-state index in [9.17, 15) is 14.4 Å². The van der Waals surface area contributed by atoms with E-state index in [1.165, 1.54) is 22.8 Å². The van der Waals surface area contributed by atoms with E-state index >= 15 is 0 Å². The van der Waals surface area contributed by atoms with Gasteiger partial charge in [-0.05, 0) is 24.3 Å². The molecule has 1 fully saturated rings. The number of halogens is 1. The van der Waals surface area contributed by atoms with E-state index in [0.29, 0.717) is 41.6 Å². The van der Waals surface area contributed by atoms with Crippen LogP contribution < -0.4 is 5.56 Å². The molecular weight excluding hydrogens is 436 g/mol. The van der Waals surface area contributed by atoms with Gasteiger partial charge in [-0.15, -0.1) is 0 Å². The van der Waals surface area contributed by atoms with Crippen molar-refractivity contribution in [3.05, 3.63) is 63.4 Å². The molecule has 4 heterocycles. The van der Waals surface area contributed by atoms with Gasteiger partial charge in [-0.2, -0.15) is 0 Å². The molecule has 1 aliphatic rings. The van der Waals surface area contributed by atoms with Crippen molar-refractivity contribution in [1.82, 2.24) is 29.3 Å². The standard InChI is InChI=1S/C21H21ClN6O4/c1-32-12-11-28-18-15(3-2-6-23-18)25-17(21(28)31)20(30)27-9-7-26(8-10-27)19(29)14-4-5-16(22)24-13-14/h2-6,13H,7-12H2,1H3. The number of nitrogens with zero attached hydrogens (tertiary/aromatic N) is 6. The SMILES string of the molecule is COCCn1c(=O)c(C(=O)N2CCN(C(=O)c3ccc(Cl)nc3)CC2)nc2cccnc21. The molecule has 0 radical (unpaired) electrons. The van der Waals surface area contributed by atoms with Crippen molar-refractivity contribution in [2.24, 2.45) is 0 Å². The number of piperazine rings is 1. The van der Waals surface area contributed by atoms with Crippen LogP contribution in [0.25, 0.3) is 11.2 Å². The van der Waals surface area contributed by atoms with Crippen molar-refractivity contribution in [2.45, 2.75) is 6.54 Å². The fourth-order valence-electron chi connectivity index (χ4n) is 3.55. The first-order chi connectivity index (χ1) is 15.5. The van der Waals surface area contributed by atoms with Crippen LogP contribution in [0.1, 0.15) is 20.8 Å². The molecule has 0 N–H and O–H groups in total. The Balaban J connectivity index is 1.53. The number of hydrogen-bond acceptors (Lipinski definition) is 7. The summed E-state index contributed by atoms with van der Waals surface area (Å²) >= 11 is 5.78. The van der Waals surface area contributed by atoms with Crippen LogP contribution >= 0.6 is 11.6 Å². The third-order valence-corrected chi connectivity index (χ3v) is 5.48. The van der Waals surface area contributed by atoms with Gasteiger partial charge >= 0.3 is 0 Å². The van der Waals surface area contributed by atoms with Crippen LogP contribution in [0.2, 0.25) is 5.15 Å². The van der Waals surface area contributed by atoms with E-state index in [2.05, 4.69) is 15.0 Å². The van der Waals surface area contributed by atoms with Crippen LogP contribution in [-0.2, 0) is 11.3 Å². The molecule has 1 aliphatic heterocycles. The lowest BCUT2D eigenvalue weighted by atomic mass is 10.2. The summed E-state index contributed by atoms with van der Waals surface area (Å²) in [5, 5.41) is 0.311. The number of rotatable bonds is 5. The highest BCUT2D eigenvalue weighted by Gasteiger charge is 2.28. The summed E-state index contributed by atoms with van der Waals surface area (Å²) in [5.41, 5.74) is 0.611. The largest absolute Gasteiger partial charge is 0.383 e. The third kappa shape index (κ3) is 4.32. The fraction of sp³-hybridized carbons (Fsp3) is 0.333. The summed E-state index contributed by atoms with van der Waals surface area (Å²) in [6.07, 6.45) is 3.00. The van der Waals surface area contributed by atoms with E-state index in [1.807, 2.05) is 0 Å². The molecule has 1 saturated heterocycles. The second kappa shape index (κ2) is 9.41. The van der Waals surface area contributed by atoms with Gasteiger partial charge < -0.3 is 14.5 Å². The Kier molecular flexibility index (Phi) is 6.42. The van der Waals surface area contributed by atoms with E-state index < -0.39 is 11.5 Å². The summed E-state index contributed by atoms with van der Waals surface area (Å²) in [4.78, 5) is 54.5. The van der Waals surface area contributed by atoms with Crippen molar-refractivity contribution in [3.8, 4) is 0 Å². The maximum Gasteiger partial charge on any atom is 0.283 e. The van der Waals surface area contributed by atoms with Gasteiger partial charge in [0.2, 0.25) is 0 Å². The maximum absolute atomic E-state index is 13.1. The summed E-state index contributed by atoms with van der Waals surface area (Å²) in [5.74, 6) is -0.648. The smallest absolute Gasteiger partial charge is 0.283 e. The van der Waals surface area contributed by atoms with Crippen LogP contribution in [0.3, 0.4) is 0 Å². The summed E-state index contributed by atoms with van der Waals surface area (Å²) in [6, 6.07) is 6.58. The Bertz CT molecular complexity index is 1210. The van der Waals surface area contributed by atoms with Crippen molar-refractivity contribution in [1.29, 1.82) is 0 Å². The molecule has 3 aromatic rings. The van der Waals surface area contributed by atoms with Crippen molar-refractivity contribution >= 4 is 34.6 Å². The lowest BCUT2D eigenvalue weighted by Crippen LogP contribution is -2.51. The summed E-state index contributed by atoms with van der Waals surface area (Å²) < 4.78 is 6.50. The quantitative estimate of drug-likeness (QED) is 0.528. The van der Waals surface area contributed by atoms with E-state index in [0.717, 1.165) is 0 Å². The number of amides is 2. The number of carbonyl (C=O) groups excluding carboxylic acids is 2. The number of hydrogen-bond donors (Lipinski definition) is 0. The Morgan fingerprint density at radius 2 is 1.78 bits per heavy atom. The molecular formula is C21H21ClN6O4. The van der Waals surface area contributed by atoms with Crippen LogP contribution in [-0.4, -0.2) is 81.0 Å². The van der Waals surface area contributed by atoms with E-state index in [-0.39, 0.29) is 31.2 Å². The second-order valence-corrected chi connectivity index (χ2v) is 7.60. The lowest BCUT2D eigenvalue weighted by Gasteiger charge is -2.34. The van der Waals surface area contributed by atoms with Gasteiger partial charge in [-0.1, -0.05) is 11.6 Å². The zero-order chi connectivity index (χ0) is 22.7. The minimum atomic E-state index is -0.510. The molecule has 0 aliphatic carbocycles. The molecule has 0 aromatic carbocycles. The third-order valence-electron chi connectivity index (χ3n) is 5.25. The summed E-state index contributed by atoms with van der Waals surface area (Å²) in [6.45, 7) is 1.79. The Hall–Kier alpha value is -3.37. The first-order valence-corrected chi connectivity index (χ1v) is 10.4. The highest BCUT2D eigenvalue weighted by atomic mass is 35.5. The molecule has 0 bridgehead atoms. The van der Waals surface area contributed by atoms with E-state index in [1.54, 1.807) is 35.4 Å². The highest BCUT2D eigenvalue weighted by molar-refractivity contribution is 6.29. The van der Waals surface area contributed by atoms with Gasteiger partial charge in [-0.3, -0.25) is 19.0 Å². The van der Waals surface area contributed by atoms with Gasteiger partial charge in [-0.25, -0.2) is 15.0 Å². The molecule has 2 amide bonds. The molecule has 0 atom stereocenters. The van der Waals surface area contributed by atoms with Crippen LogP contribution in [0.5, 0.6) is 0 Å². The predicted octanol–water partition coefficient (Wildman–Crippen LogP) is 1.08. The monoisotopic (exact) mass is 456 g/mol. The minimum Gasteiger partial charge on any atom is -0.383 e. The number of pyridine rings is 2. The van der Waals surface area contributed by atoms with Crippen LogP contribution in [0.15, 0.2) is 41.5 Å². The van der Waals surface area contributed by atoms with Gasteiger partial charge in [0.05, 0.1) is 18.7 Å². The van der Waals surface area contributed by atoms with Crippen molar-refractivity contribution in [2.75, 3.05) is 39.9 Å². The van der Waals surface area contributed by atoms with Gasteiger partial charge in [0.25, 0.3) is 17.4 Å². The molecule has 11 heteroatoms. The van der Waals surface area contributed by atoms with E-state index in [4.69, 9.17) is 16.3 Å². The molecule has 0 saturated carbocycles. The molecule has 4 rings (SSSR count). The molecule has 0 spiro atoms. The zero-order valence-corrected chi connectivity index (χ0v) is 18.2. The van der Waals surface area contributed by atoms with Gasteiger partial charge in [0.15, 0.2) is 11.3 Å². The van der Waals surface area contributed by atoms with Crippen LogP contribution in [0, 0.1) is 0 Å². The first kappa shape index (κ1) is 21.8. The number of fused-ring (bicyclic) bond motifs is 1. The van der Waals surface area contributed by atoms with Gasteiger partial charge in [0, 0.05) is 45.7 Å². The highest BCUT2D eigenvalue weighted by Crippen LogP contribution is 2.13. The Morgan fingerprint density at radius 3 is 2.44 bits per heavy atom. The molecule has 0 unspecified atom stereocenters. The average Bonchev–Trinajstić information content (AvgIpc) is 2.83. The van der Waals surface area contributed by atoms with Gasteiger partial charge in [0.1, 0.15) is 10.7 Å². The average molecular weight is 457 g/mol. The minimum absolute atomic E-state index is 0.164. The van der Waals surface area contributed by atoms with Crippen LogP contribution in [0.4, 0.5) is 0 Å². The number of ether oxygens (including phenoxy) is 1. The zero-order valence-electron chi connectivity index (χ0n) is 17.4. The normalized spacial score (nSPS) is 14.1. The number of aromatic nitrogens is 4.